The molecule has 0 unspecified atom stereocenters. The van der Waals surface area contributed by atoms with Gasteiger partial charge in [0.2, 0.25) is 0 Å². The van der Waals surface area contributed by atoms with Gasteiger partial charge in [0, 0.05) is 17.4 Å². The van der Waals surface area contributed by atoms with Crippen molar-refractivity contribution >= 4 is 17.7 Å². The monoisotopic (exact) mass is 355 g/mol. The van der Waals surface area contributed by atoms with Crippen molar-refractivity contribution in [3.05, 3.63) is 59.7 Å². The van der Waals surface area contributed by atoms with Gasteiger partial charge in [0.25, 0.3) is 0 Å². The van der Waals surface area contributed by atoms with Crippen molar-refractivity contribution in [2.75, 3.05) is 11.5 Å². The minimum absolute atomic E-state index is 0.327. The van der Waals surface area contributed by atoms with Gasteiger partial charge < -0.3 is 10.5 Å². The molecule has 1 atom stereocenters. The highest BCUT2D eigenvalue weighted by molar-refractivity contribution is 7.99. The maximum atomic E-state index is 12.0. The first-order valence-corrected chi connectivity index (χ1v) is 9.76. The van der Waals surface area contributed by atoms with Crippen LogP contribution < -0.4 is 5.73 Å². The molecule has 0 saturated heterocycles. The van der Waals surface area contributed by atoms with E-state index in [1.165, 1.54) is 22.3 Å². The van der Waals surface area contributed by atoms with Crippen LogP contribution in [0.1, 0.15) is 37.8 Å². The summed E-state index contributed by atoms with van der Waals surface area (Å²) in [5.41, 5.74) is 10.9. The number of carbonyl (C=O) groups is 1. The summed E-state index contributed by atoms with van der Waals surface area (Å²) < 4.78 is 5.36. The molecule has 1 aliphatic rings. The number of thioether (sulfide) groups is 1. The number of benzene rings is 2. The molecule has 2 aromatic carbocycles. The Kier molecular flexibility index (Phi) is 5.21. The van der Waals surface area contributed by atoms with E-state index in [4.69, 9.17) is 10.5 Å². The van der Waals surface area contributed by atoms with Gasteiger partial charge in [-0.15, -0.1) is 0 Å². The van der Waals surface area contributed by atoms with Crippen LogP contribution in [-0.2, 0) is 9.53 Å². The van der Waals surface area contributed by atoms with E-state index in [-0.39, 0.29) is 5.97 Å². The summed E-state index contributed by atoms with van der Waals surface area (Å²) in [4.78, 5) is 12.0. The predicted octanol–water partition coefficient (Wildman–Crippen LogP) is 4.20. The average Bonchev–Trinajstić information content (AvgIpc) is 2.88. The molecule has 25 heavy (non-hydrogen) atoms. The van der Waals surface area contributed by atoms with Crippen molar-refractivity contribution in [1.82, 2.24) is 0 Å². The number of ether oxygens (including phenoxy) is 1. The Bertz CT molecular complexity index is 721. The van der Waals surface area contributed by atoms with Gasteiger partial charge in [-0.3, -0.25) is 4.79 Å². The second-order valence-electron chi connectivity index (χ2n) is 7.40. The van der Waals surface area contributed by atoms with Gasteiger partial charge in [-0.25, -0.2) is 0 Å². The lowest BCUT2D eigenvalue weighted by Gasteiger charge is -2.22. The molecule has 0 bridgehead atoms. The lowest BCUT2D eigenvalue weighted by Crippen LogP contribution is -2.39. The molecule has 2 aromatic rings. The van der Waals surface area contributed by atoms with Crippen molar-refractivity contribution in [1.29, 1.82) is 0 Å². The molecule has 2 N–H and O–H groups in total. The predicted molar refractivity (Wildman–Crippen MR) is 105 cm³/mol. The van der Waals surface area contributed by atoms with Gasteiger partial charge in [-0.05, 0) is 43.0 Å². The molecule has 0 saturated carbocycles. The summed E-state index contributed by atoms with van der Waals surface area (Å²) >= 11 is 1.71. The second kappa shape index (κ2) is 7.22. The molecule has 0 aliphatic heterocycles. The molecule has 3 nitrogen and oxygen atoms in total. The Hall–Kier alpha value is -1.78. The van der Waals surface area contributed by atoms with Crippen molar-refractivity contribution in [3.63, 3.8) is 0 Å². The molecule has 132 valence electrons. The zero-order valence-electron chi connectivity index (χ0n) is 15.0. The van der Waals surface area contributed by atoms with Crippen LogP contribution >= 0.6 is 11.8 Å². The van der Waals surface area contributed by atoms with Crippen molar-refractivity contribution in [2.45, 2.75) is 38.3 Å². The topological polar surface area (TPSA) is 52.3 Å². The van der Waals surface area contributed by atoms with Gasteiger partial charge in [-0.1, -0.05) is 48.5 Å². The molecule has 0 radical (unpaired) electrons. The van der Waals surface area contributed by atoms with E-state index in [1.807, 2.05) is 20.8 Å². The molecule has 1 aliphatic carbocycles. The highest BCUT2D eigenvalue weighted by atomic mass is 32.2. The molecular weight excluding hydrogens is 330 g/mol. The normalized spacial score (nSPS) is 14.7. The summed E-state index contributed by atoms with van der Waals surface area (Å²) in [6, 6.07) is 16.5. The van der Waals surface area contributed by atoms with Crippen molar-refractivity contribution in [3.8, 4) is 11.1 Å². The zero-order valence-corrected chi connectivity index (χ0v) is 15.8. The third kappa shape index (κ3) is 4.07. The second-order valence-corrected chi connectivity index (χ2v) is 8.48. The zero-order chi connectivity index (χ0) is 18.0. The third-order valence-corrected chi connectivity index (χ3v) is 5.42. The number of hydrogen-bond acceptors (Lipinski definition) is 4. The SMILES string of the molecule is CC(C)(C)OC(=O)[C@@H](N)CSCC1c2ccccc2-c2ccccc21. The Balaban J connectivity index is 1.65. The minimum atomic E-state index is -0.587. The molecule has 0 aromatic heterocycles. The Morgan fingerprint density at radius 3 is 2.12 bits per heavy atom. The molecule has 0 spiro atoms. The minimum Gasteiger partial charge on any atom is -0.459 e. The van der Waals surface area contributed by atoms with Crippen molar-refractivity contribution < 1.29 is 9.53 Å². The summed E-state index contributed by atoms with van der Waals surface area (Å²) in [6.45, 7) is 5.57. The van der Waals surface area contributed by atoms with Gasteiger partial charge in [-0.2, -0.15) is 11.8 Å². The van der Waals surface area contributed by atoms with E-state index >= 15 is 0 Å². The fourth-order valence-electron chi connectivity index (χ4n) is 3.20. The number of fused-ring (bicyclic) bond motifs is 3. The van der Waals surface area contributed by atoms with E-state index < -0.39 is 11.6 Å². The fraction of sp³-hybridized carbons (Fsp3) is 0.381. The first-order chi connectivity index (χ1) is 11.9. The maximum Gasteiger partial charge on any atom is 0.324 e. The largest absolute Gasteiger partial charge is 0.459 e. The van der Waals surface area contributed by atoms with Crippen LogP contribution in [0, 0.1) is 0 Å². The standard InChI is InChI=1S/C21H25NO2S/c1-21(2,3)24-20(23)19(22)13-25-12-18-16-10-6-4-8-14(16)15-9-5-7-11-17(15)18/h4-11,18-19H,12-13,22H2,1-3H3/t19-/m0/s1. The first kappa shape index (κ1) is 18.0. The summed E-state index contributed by atoms with van der Waals surface area (Å²) in [7, 11) is 0. The van der Waals surface area contributed by atoms with E-state index in [0.29, 0.717) is 11.7 Å². The summed E-state index contributed by atoms with van der Waals surface area (Å²) in [6.07, 6.45) is 0. The molecule has 0 heterocycles. The van der Waals surface area contributed by atoms with Crippen LogP contribution in [0.3, 0.4) is 0 Å². The Morgan fingerprint density at radius 2 is 1.60 bits per heavy atom. The third-order valence-electron chi connectivity index (χ3n) is 4.25. The van der Waals surface area contributed by atoms with E-state index in [2.05, 4.69) is 48.5 Å². The smallest absolute Gasteiger partial charge is 0.324 e. The summed E-state index contributed by atoms with van der Waals surface area (Å²) in [5.74, 6) is 1.50. The molecular formula is C21H25NO2S. The highest BCUT2D eigenvalue weighted by Gasteiger charge is 2.28. The number of hydrogen-bond donors (Lipinski definition) is 1. The van der Waals surface area contributed by atoms with Crippen LogP contribution in [-0.4, -0.2) is 29.1 Å². The quantitative estimate of drug-likeness (QED) is 0.817. The lowest BCUT2D eigenvalue weighted by atomic mass is 9.99. The van der Waals surface area contributed by atoms with Gasteiger partial charge in [0.15, 0.2) is 0 Å². The number of carbonyl (C=O) groups excluding carboxylic acids is 1. The van der Waals surface area contributed by atoms with Gasteiger partial charge in [0.05, 0.1) is 0 Å². The average molecular weight is 356 g/mol. The van der Waals surface area contributed by atoms with Crippen LogP contribution in [0.25, 0.3) is 11.1 Å². The number of rotatable bonds is 5. The van der Waals surface area contributed by atoms with Crippen LogP contribution in [0.2, 0.25) is 0 Å². The van der Waals surface area contributed by atoms with E-state index in [9.17, 15) is 4.79 Å². The number of esters is 1. The first-order valence-electron chi connectivity index (χ1n) is 8.61. The fourth-order valence-corrected chi connectivity index (χ4v) is 4.32. The molecule has 3 rings (SSSR count). The molecule has 4 heteroatoms. The van der Waals surface area contributed by atoms with E-state index in [1.54, 1.807) is 11.8 Å². The maximum absolute atomic E-state index is 12.0. The van der Waals surface area contributed by atoms with Crippen LogP contribution in [0.5, 0.6) is 0 Å². The van der Waals surface area contributed by atoms with E-state index in [0.717, 1.165) is 5.75 Å². The molecule has 0 amide bonds. The van der Waals surface area contributed by atoms with Gasteiger partial charge in [0.1, 0.15) is 11.6 Å². The van der Waals surface area contributed by atoms with Gasteiger partial charge >= 0.3 is 5.97 Å². The highest BCUT2D eigenvalue weighted by Crippen LogP contribution is 2.45. The Labute approximate surface area is 154 Å². The van der Waals surface area contributed by atoms with Crippen LogP contribution in [0.4, 0.5) is 0 Å². The Morgan fingerprint density at radius 1 is 1.08 bits per heavy atom. The summed E-state index contributed by atoms with van der Waals surface area (Å²) in [5, 5.41) is 0. The number of nitrogens with two attached hydrogens (primary N) is 1. The van der Waals surface area contributed by atoms with Crippen LogP contribution in [0.15, 0.2) is 48.5 Å². The van der Waals surface area contributed by atoms with Crippen molar-refractivity contribution in [2.24, 2.45) is 5.73 Å². The lowest BCUT2D eigenvalue weighted by molar-refractivity contribution is -0.155. The molecule has 0 fully saturated rings.